The molecule has 1 aromatic rings. The Kier molecular flexibility index (Phi) is 10.6. The van der Waals surface area contributed by atoms with Gasteiger partial charge in [-0.3, -0.25) is 9.59 Å². The Bertz CT molecular complexity index is 873. The van der Waals surface area contributed by atoms with E-state index >= 15 is 0 Å². The fourth-order valence-corrected chi connectivity index (χ4v) is 4.50. The van der Waals surface area contributed by atoms with E-state index in [2.05, 4.69) is 17.2 Å². The molecule has 1 amide bonds. The first-order valence-corrected chi connectivity index (χ1v) is 12.3. The summed E-state index contributed by atoms with van der Waals surface area (Å²) in [5.41, 5.74) is 4.77. The average Bonchev–Trinajstić information content (AvgIpc) is 2.77. The van der Waals surface area contributed by atoms with E-state index in [0.717, 1.165) is 54.6 Å². The zero-order chi connectivity index (χ0) is 25.3. The molecule has 7 nitrogen and oxygen atoms in total. The number of benzene rings is 1. The lowest BCUT2D eigenvalue weighted by Crippen LogP contribution is -2.20. The lowest BCUT2D eigenvalue weighted by atomic mass is 9.94. The van der Waals surface area contributed by atoms with E-state index in [0.29, 0.717) is 36.1 Å². The van der Waals surface area contributed by atoms with Crippen molar-refractivity contribution in [3.8, 4) is 0 Å². The zero-order valence-electron chi connectivity index (χ0n) is 21.4. The molecule has 34 heavy (non-hydrogen) atoms. The molecule has 1 aliphatic carbocycles. The summed E-state index contributed by atoms with van der Waals surface area (Å²) in [5.74, 6) is -0.765. The Morgan fingerprint density at radius 3 is 2.09 bits per heavy atom. The zero-order valence-corrected chi connectivity index (χ0v) is 21.4. The largest absolute Gasteiger partial charge is 0.462 e. The van der Waals surface area contributed by atoms with Gasteiger partial charge < -0.3 is 20.1 Å². The third kappa shape index (κ3) is 7.89. The molecule has 1 aliphatic rings. The first-order chi connectivity index (χ1) is 16.1. The highest BCUT2D eigenvalue weighted by Crippen LogP contribution is 2.36. The van der Waals surface area contributed by atoms with Crippen molar-refractivity contribution >= 4 is 29.2 Å². The smallest absolute Gasteiger partial charge is 0.338 e. The monoisotopic (exact) mass is 472 g/mol. The van der Waals surface area contributed by atoms with Crippen LogP contribution in [0.25, 0.3) is 0 Å². The summed E-state index contributed by atoms with van der Waals surface area (Å²) in [5, 5.41) is 6.04. The van der Waals surface area contributed by atoms with Gasteiger partial charge >= 0.3 is 11.9 Å². The van der Waals surface area contributed by atoms with Crippen molar-refractivity contribution < 1.29 is 23.9 Å². The molecule has 2 rings (SSSR count). The van der Waals surface area contributed by atoms with Crippen LogP contribution in [-0.4, -0.2) is 30.6 Å². The molecule has 0 spiro atoms. The summed E-state index contributed by atoms with van der Waals surface area (Å²) in [6.45, 7) is 13.0. The van der Waals surface area contributed by atoms with Gasteiger partial charge in [0.1, 0.15) is 6.10 Å². The Morgan fingerprint density at radius 2 is 1.50 bits per heavy atom. The minimum Gasteiger partial charge on any atom is -0.462 e. The van der Waals surface area contributed by atoms with E-state index in [-0.39, 0.29) is 24.6 Å². The standard InChI is InChI=1S/C27H40N2O5/c1-17(2)28-25-18(3)24(19(4)26(20(25)5)29-21(6)30)27(32)33-16-12-8-11-15-23(31)34-22-13-9-7-10-14-22/h22,28H,1,7-16H2,2-6H3,(H,29,30). The number of esters is 2. The second-order valence-electron chi connectivity index (χ2n) is 9.28. The van der Waals surface area contributed by atoms with E-state index in [9.17, 15) is 14.4 Å². The average molecular weight is 473 g/mol. The third-order valence-electron chi connectivity index (χ3n) is 6.20. The van der Waals surface area contributed by atoms with Crippen LogP contribution in [-0.2, 0) is 19.1 Å². The van der Waals surface area contributed by atoms with Crippen molar-refractivity contribution in [2.75, 3.05) is 17.2 Å². The first-order valence-electron chi connectivity index (χ1n) is 12.3. The van der Waals surface area contributed by atoms with Gasteiger partial charge in [0.05, 0.1) is 12.2 Å². The van der Waals surface area contributed by atoms with E-state index in [4.69, 9.17) is 9.47 Å². The molecule has 7 heteroatoms. The van der Waals surface area contributed by atoms with Crippen molar-refractivity contribution in [2.45, 2.75) is 98.5 Å². The first kappa shape index (κ1) is 27.4. The minimum absolute atomic E-state index is 0.0924. The van der Waals surface area contributed by atoms with Gasteiger partial charge in [-0.05, 0) is 89.3 Å². The maximum atomic E-state index is 13.0. The number of unbranched alkanes of at least 4 members (excludes halogenated alkanes) is 2. The van der Waals surface area contributed by atoms with Crippen LogP contribution in [0.2, 0.25) is 0 Å². The topological polar surface area (TPSA) is 93.7 Å². The normalized spacial score (nSPS) is 13.8. The van der Waals surface area contributed by atoms with Crippen LogP contribution >= 0.6 is 0 Å². The maximum absolute atomic E-state index is 13.0. The SMILES string of the molecule is C=C(C)Nc1c(C)c(NC(C)=O)c(C)c(C(=O)OCCCCCC(=O)OC2CCCCC2)c1C. The number of hydrogen-bond donors (Lipinski definition) is 2. The number of carbonyl (C=O) groups is 3. The van der Waals surface area contributed by atoms with Gasteiger partial charge in [-0.1, -0.05) is 13.0 Å². The van der Waals surface area contributed by atoms with Gasteiger partial charge in [0.15, 0.2) is 0 Å². The van der Waals surface area contributed by atoms with Crippen LogP contribution in [0.5, 0.6) is 0 Å². The summed E-state index contributed by atoms with van der Waals surface area (Å²) < 4.78 is 11.1. The molecule has 0 atom stereocenters. The number of carbonyl (C=O) groups excluding carboxylic acids is 3. The molecule has 0 saturated heterocycles. The Labute approximate surface area is 203 Å². The van der Waals surface area contributed by atoms with Crippen LogP contribution < -0.4 is 10.6 Å². The maximum Gasteiger partial charge on any atom is 0.338 e. The lowest BCUT2D eigenvalue weighted by Gasteiger charge is -2.22. The molecule has 0 aliphatic heterocycles. The molecule has 1 aromatic carbocycles. The number of amides is 1. The predicted molar refractivity (Wildman–Crippen MR) is 135 cm³/mol. The van der Waals surface area contributed by atoms with E-state index in [1.54, 1.807) is 0 Å². The number of nitrogens with one attached hydrogen (secondary N) is 2. The molecular weight excluding hydrogens is 432 g/mol. The van der Waals surface area contributed by atoms with Crippen LogP contribution in [0.15, 0.2) is 12.3 Å². The number of anilines is 2. The van der Waals surface area contributed by atoms with Gasteiger partial charge in [-0.2, -0.15) is 0 Å². The molecule has 1 saturated carbocycles. The molecular formula is C27H40N2O5. The highest BCUT2D eigenvalue weighted by Gasteiger charge is 2.23. The minimum atomic E-state index is -0.428. The van der Waals surface area contributed by atoms with Crippen molar-refractivity contribution in [1.82, 2.24) is 0 Å². The number of rotatable bonds is 11. The highest BCUT2D eigenvalue weighted by molar-refractivity contribution is 6.01. The summed E-state index contributed by atoms with van der Waals surface area (Å²) in [6, 6.07) is 0. The molecule has 2 N–H and O–H groups in total. The summed E-state index contributed by atoms with van der Waals surface area (Å²) in [4.78, 5) is 36.7. The lowest BCUT2D eigenvalue weighted by molar-refractivity contribution is -0.150. The van der Waals surface area contributed by atoms with Gasteiger partial charge in [-0.15, -0.1) is 0 Å². The van der Waals surface area contributed by atoms with Gasteiger partial charge in [0, 0.05) is 30.4 Å². The van der Waals surface area contributed by atoms with Crippen LogP contribution in [0.3, 0.4) is 0 Å². The molecule has 1 fully saturated rings. The third-order valence-corrected chi connectivity index (χ3v) is 6.20. The van der Waals surface area contributed by atoms with Crippen molar-refractivity contribution in [3.05, 3.63) is 34.5 Å². The second kappa shape index (κ2) is 13.2. The van der Waals surface area contributed by atoms with E-state index < -0.39 is 5.97 Å². The summed E-state index contributed by atoms with van der Waals surface area (Å²) in [6.07, 6.45) is 8.12. The van der Waals surface area contributed by atoms with Crippen LogP contribution in [0, 0.1) is 20.8 Å². The van der Waals surface area contributed by atoms with Crippen molar-refractivity contribution in [3.63, 3.8) is 0 Å². The fourth-order valence-electron chi connectivity index (χ4n) is 4.50. The van der Waals surface area contributed by atoms with Crippen LogP contribution in [0.4, 0.5) is 11.4 Å². The van der Waals surface area contributed by atoms with Crippen molar-refractivity contribution in [1.29, 1.82) is 0 Å². The number of hydrogen-bond acceptors (Lipinski definition) is 6. The Morgan fingerprint density at radius 1 is 0.882 bits per heavy atom. The van der Waals surface area contributed by atoms with E-state index in [1.807, 2.05) is 27.7 Å². The number of allylic oxidation sites excluding steroid dienone is 1. The molecule has 0 unspecified atom stereocenters. The molecule has 0 heterocycles. The number of ether oxygens (including phenoxy) is 2. The van der Waals surface area contributed by atoms with Gasteiger partial charge in [-0.25, -0.2) is 4.79 Å². The summed E-state index contributed by atoms with van der Waals surface area (Å²) in [7, 11) is 0. The predicted octanol–water partition coefficient (Wildman–Crippen LogP) is 6.11. The quantitative estimate of drug-likeness (QED) is 0.298. The van der Waals surface area contributed by atoms with E-state index in [1.165, 1.54) is 13.3 Å². The summed E-state index contributed by atoms with van der Waals surface area (Å²) >= 11 is 0. The van der Waals surface area contributed by atoms with Crippen molar-refractivity contribution in [2.24, 2.45) is 0 Å². The molecule has 0 aromatic heterocycles. The fraction of sp³-hybridized carbons (Fsp3) is 0.593. The molecule has 188 valence electrons. The Balaban J connectivity index is 1.92. The molecule has 0 radical (unpaired) electrons. The second-order valence-corrected chi connectivity index (χ2v) is 9.28. The van der Waals surface area contributed by atoms with Gasteiger partial charge in [0.25, 0.3) is 0 Å². The highest BCUT2D eigenvalue weighted by atomic mass is 16.5. The van der Waals surface area contributed by atoms with Crippen LogP contribution in [0.1, 0.15) is 98.7 Å². The Hall–Kier alpha value is -2.83. The van der Waals surface area contributed by atoms with Gasteiger partial charge in [0.2, 0.25) is 5.91 Å². The molecule has 0 bridgehead atoms.